The van der Waals surface area contributed by atoms with E-state index in [0.29, 0.717) is 18.5 Å². The quantitative estimate of drug-likeness (QED) is 0.689. The molecule has 0 heterocycles. The van der Waals surface area contributed by atoms with Crippen LogP contribution in [0.3, 0.4) is 0 Å². The molecule has 20 heavy (non-hydrogen) atoms. The predicted octanol–water partition coefficient (Wildman–Crippen LogP) is 1.67. The fourth-order valence-electron chi connectivity index (χ4n) is 2.42. The van der Waals surface area contributed by atoms with Gasteiger partial charge < -0.3 is 16.2 Å². The molecule has 108 valence electrons. The van der Waals surface area contributed by atoms with Crippen molar-refractivity contribution in [1.82, 2.24) is 5.32 Å². The minimum Gasteiger partial charge on any atom is -0.480 e. The highest BCUT2D eigenvalue weighted by molar-refractivity contribution is 5.94. The number of hydrogen-bond acceptors (Lipinski definition) is 3. The summed E-state index contributed by atoms with van der Waals surface area (Å²) in [5, 5.41) is 11.8. The molecule has 0 aliphatic heterocycles. The first-order valence-electron chi connectivity index (χ1n) is 6.89. The molecular formula is C15H20N2O3. The standard InChI is InChI=1S/C15H20N2O3/c1-2-3-12(13(18)19)17-14(20)15(8-9-15)10-4-6-11(16)7-5-10/h4-7,12H,2-3,8-9,16H2,1H3,(H,17,20)(H,18,19). The van der Waals surface area contributed by atoms with Gasteiger partial charge in [0.1, 0.15) is 6.04 Å². The second kappa shape index (κ2) is 5.53. The Morgan fingerprint density at radius 2 is 1.95 bits per heavy atom. The van der Waals surface area contributed by atoms with Crippen LogP contribution in [0.5, 0.6) is 0 Å². The number of nitrogens with two attached hydrogens (primary N) is 1. The molecule has 1 aromatic rings. The van der Waals surface area contributed by atoms with Gasteiger partial charge in [0.15, 0.2) is 0 Å². The zero-order chi connectivity index (χ0) is 14.8. The lowest BCUT2D eigenvalue weighted by Crippen LogP contribution is -2.45. The third kappa shape index (κ3) is 2.76. The van der Waals surface area contributed by atoms with Gasteiger partial charge in [-0.15, -0.1) is 0 Å². The SMILES string of the molecule is CCCC(NC(=O)C1(c2ccc(N)cc2)CC1)C(=O)O. The smallest absolute Gasteiger partial charge is 0.326 e. The largest absolute Gasteiger partial charge is 0.480 e. The molecule has 1 amide bonds. The van der Waals surface area contributed by atoms with Crippen molar-refractivity contribution in [3.8, 4) is 0 Å². The number of carbonyl (C=O) groups excluding carboxylic acids is 1. The number of anilines is 1. The van der Waals surface area contributed by atoms with Crippen LogP contribution in [0.2, 0.25) is 0 Å². The fourth-order valence-corrected chi connectivity index (χ4v) is 2.42. The summed E-state index contributed by atoms with van der Waals surface area (Å²) in [6, 6.07) is 6.42. The van der Waals surface area contributed by atoms with E-state index in [4.69, 9.17) is 10.8 Å². The lowest BCUT2D eigenvalue weighted by atomic mass is 9.94. The monoisotopic (exact) mass is 276 g/mol. The second-order valence-corrected chi connectivity index (χ2v) is 5.36. The molecule has 4 N–H and O–H groups in total. The van der Waals surface area contributed by atoms with Crippen LogP contribution in [-0.4, -0.2) is 23.0 Å². The van der Waals surface area contributed by atoms with E-state index >= 15 is 0 Å². The zero-order valence-corrected chi connectivity index (χ0v) is 11.6. The van der Waals surface area contributed by atoms with Crippen molar-refractivity contribution in [1.29, 1.82) is 0 Å². The van der Waals surface area contributed by atoms with E-state index in [1.807, 2.05) is 19.1 Å². The van der Waals surface area contributed by atoms with Crippen LogP contribution in [0, 0.1) is 0 Å². The number of carboxylic acids is 1. The van der Waals surface area contributed by atoms with Gasteiger partial charge in [0.25, 0.3) is 0 Å². The molecule has 1 atom stereocenters. The van der Waals surface area contributed by atoms with E-state index in [2.05, 4.69) is 5.32 Å². The summed E-state index contributed by atoms with van der Waals surface area (Å²) in [6.07, 6.45) is 2.66. The van der Waals surface area contributed by atoms with Crippen LogP contribution in [0.4, 0.5) is 5.69 Å². The summed E-state index contributed by atoms with van der Waals surface area (Å²) in [5.74, 6) is -1.17. The molecule has 1 aliphatic rings. The molecule has 0 spiro atoms. The van der Waals surface area contributed by atoms with Gasteiger partial charge >= 0.3 is 5.97 Å². The summed E-state index contributed by atoms with van der Waals surface area (Å²) in [4.78, 5) is 23.5. The Balaban J connectivity index is 2.12. The topological polar surface area (TPSA) is 92.4 Å². The average molecular weight is 276 g/mol. The lowest BCUT2D eigenvalue weighted by molar-refractivity contribution is -0.142. The molecule has 1 fully saturated rings. The molecule has 0 saturated heterocycles. The number of aliphatic carboxylic acids is 1. The van der Waals surface area contributed by atoms with Gasteiger partial charge in [0, 0.05) is 5.69 Å². The van der Waals surface area contributed by atoms with Gasteiger partial charge in [-0.2, -0.15) is 0 Å². The Morgan fingerprint density at radius 1 is 1.35 bits per heavy atom. The zero-order valence-electron chi connectivity index (χ0n) is 11.6. The van der Waals surface area contributed by atoms with Crippen molar-refractivity contribution in [2.75, 3.05) is 5.73 Å². The Bertz CT molecular complexity index is 506. The van der Waals surface area contributed by atoms with Crippen LogP contribution in [0.25, 0.3) is 0 Å². The van der Waals surface area contributed by atoms with Gasteiger partial charge in [-0.25, -0.2) is 4.79 Å². The Kier molecular flexibility index (Phi) is 3.97. The maximum absolute atomic E-state index is 12.4. The normalized spacial score (nSPS) is 17.2. The molecular weight excluding hydrogens is 256 g/mol. The Hall–Kier alpha value is -2.04. The van der Waals surface area contributed by atoms with Crippen LogP contribution in [0.15, 0.2) is 24.3 Å². The number of nitrogens with one attached hydrogen (secondary N) is 1. The molecule has 0 radical (unpaired) electrons. The van der Waals surface area contributed by atoms with Gasteiger partial charge in [-0.3, -0.25) is 4.79 Å². The van der Waals surface area contributed by atoms with Crippen molar-refractivity contribution in [2.24, 2.45) is 0 Å². The number of benzene rings is 1. The molecule has 2 rings (SSSR count). The van der Waals surface area contributed by atoms with E-state index in [9.17, 15) is 9.59 Å². The first kappa shape index (κ1) is 14.4. The first-order valence-corrected chi connectivity index (χ1v) is 6.89. The van der Waals surface area contributed by atoms with Crippen LogP contribution < -0.4 is 11.1 Å². The maximum atomic E-state index is 12.4. The lowest BCUT2D eigenvalue weighted by Gasteiger charge is -2.20. The number of amides is 1. The highest BCUT2D eigenvalue weighted by Gasteiger charge is 2.51. The summed E-state index contributed by atoms with van der Waals surface area (Å²) < 4.78 is 0. The van der Waals surface area contributed by atoms with Crippen molar-refractivity contribution < 1.29 is 14.7 Å². The maximum Gasteiger partial charge on any atom is 0.326 e. The number of nitrogen functional groups attached to an aromatic ring is 1. The Morgan fingerprint density at radius 3 is 2.40 bits per heavy atom. The molecule has 1 aromatic carbocycles. The van der Waals surface area contributed by atoms with E-state index in [1.54, 1.807) is 12.1 Å². The third-order valence-corrected chi connectivity index (χ3v) is 3.83. The fraction of sp³-hybridized carbons (Fsp3) is 0.467. The predicted molar refractivity (Wildman–Crippen MR) is 76.2 cm³/mol. The second-order valence-electron chi connectivity index (χ2n) is 5.36. The summed E-state index contributed by atoms with van der Waals surface area (Å²) in [7, 11) is 0. The van der Waals surface area contributed by atoms with Crippen LogP contribution >= 0.6 is 0 Å². The number of rotatable bonds is 6. The molecule has 1 aliphatic carbocycles. The van der Waals surface area contributed by atoms with Gasteiger partial charge in [0.05, 0.1) is 5.41 Å². The average Bonchev–Trinajstić information content (AvgIpc) is 3.20. The first-order chi connectivity index (χ1) is 9.49. The van der Waals surface area contributed by atoms with Gasteiger partial charge in [-0.1, -0.05) is 25.5 Å². The van der Waals surface area contributed by atoms with Crippen molar-refractivity contribution in [2.45, 2.75) is 44.1 Å². The van der Waals surface area contributed by atoms with Crippen LogP contribution in [0.1, 0.15) is 38.2 Å². The highest BCUT2D eigenvalue weighted by atomic mass is 16.4. The number of carbonyl (C=O) groups is 2. The third-order valence-electron chi connectivity index (χ3n) is 3.83. The molecule has 1 unspecified atom stereocenters. The molecule has 5 nitrogen and oxygen atoms in total. The molecule has 1 saturated carbocycles. The minimum atomic E-state index is -0.978. The number of carboxylic acid groups (broad SMARTS) is 1. The van der Waals surface area contributed by atoms with Crippen molar-refractivity contribution in [3.63, 3.8) is 0 Å². The highest BCUT2D eigenvalue weighted by Crippen LogP contribution is 2.48. The van der Waals surface area contributed by atoms with Gasteiger partial charge in [-0.05, 0) is 37.0 Å². The molecule has 5 heteroatoms. The molecule has 0 bridgehead atoms. The minimum absolute atomic E-state index is 0.192. The van der Waals surface area contributed by atoms with E-state index in [-0.39, 0.29) is 5.91 Å². The van der Waals surface area contributed by atoms with Crippen LogP contribution in [-0.2, 0) is 15.0 Å². The van der Waals surface area contributed by atoms with E-state index in [1.165, 1.54) is 0 Å². The number of hydrogen-bond donors (Lipinski definition) is 3. The van der Waals surface area contributed by atoms with Crippen molar-refractivity contribution in [3.05, 3.63) is 29.8 Å². The van der Waals surface area contributed by atoms with E-state index < -0.39 is 17.4 Å². The summed E-state index contributed by atoms with van der Waals surface area (Å²) in [5.41, 5.74) is 6.65. The molecule has 0 aromatic heterocycles. The summed E-state index contributed by atoms with van der Waals surface area (Å²) >= 11 is 0. The summed E-state index contributed by atoms with van der Waals surface area (Å²) in [6.45, 7) is 1.90. The Labute approximate surface area is 118 Å². The van der Waals surface area contributed by atoms with Crippen molar-refractivity contribution >= 4 is 17.6 Å². The van der Waals surface area contributed by atoms with Gasteiger partial charge in [0.2, 0.25) is 5.91 Å². The van der Waals surface area contributed by atoms with E-state index in [0.717, 1.165) is 18.4 Å².